The van der Waals surface area contributed by atoms with E-state index in [1.54, 1.807) is 6.20 Å². The van der Waals surface area contributed by atoms with Gasteiger partial charge in [0.2, 0.25) is 0 Å². The van der Waals surface area contributed by atoms with Gasteiger partial charge in [-0.25, -0.2) is 4.98 Å². The van der Waals surface area contributed by atoms with Crippen molar-refractivity contribution < 1.29 is 5.11 Å². The number of rotatable bonds is 4. The van der Waals surface area contributed by atoms with Gasteiger partial charge >= 0.3 is 0 Å². The van der Waals surface area contributed by atoms with Crippen LogP contribution in [0.3, 0.4) is 0 Å². The fraction of sp³-hybridized carbons (Fsp3) is 0.200. The van der Waals surface area contributed by atoms with Crippen molar-refractivity contribution in [1.82, 2.24) is 14.4 Å². The van der Waals surface area contributed by atoms with Crippen LogP contribution in [-0.2, 0) is 6.61 Å². The van der Waals surface area contributed by atoms with Crippen molar-refractivity contribution in [2.75, 3.05) is 0 Å². The van der Waals surface area contributed by atoms with E-state index < -0.39 is 0 Å². The Bertz CT molecular complexity index is 1110. The molecule has 0 saturated heterocycles. The van der Waals surface area contributed by atoms with E-state index in [1.807, 2.05) is 53.1 Å². The molecule has 0 amide bonds. The molecule has 0 saturated carbocycles. The lowest BCUT2D eigenvalue weighted by Crippen LogP contribution is -1.88. The summed E-state index contributed by atoms with van der Waals surface area (Å²) in [5, 5.41) is 19.4. The Morgan fingerprint density at radius 2 is 1.96 bits per heavy atom. The molecule has 0 aliphatic rings. The quantitative estimate of drug-likeness (QED) is 0.534. The second-order valence-corrected chi connectivity index (χ2v) is 6.45. The SMILES string of the molecule is CC(C)c1nc2cc(CO)ccn2c1N=Nc1cccc2cccnc12. The molecule has 6 heteroatoms. The summed E-state index contributed by atoms with van der Waals surface area (Å²) in [6.07, 6.45) is 3.63. The third-order valence-electron chi connectivity index (χ3n) is 4.28. The summed E-state index contributed by atoms with van der Waals surface area (Å²) in [4.78, 5) is 9.10. The minimum atomic E-state index is -0.0150. The lowest BCUT2D eigenvalue weighted by Gasteiger charge is -2.03. The number of benzene rings is 1. The van der Waals surface area contributed by atoms with Crippen LogP contribution < -0.4 is 0 Å². The zero-order valence-electron chi connectivity index (χ0n) is 14.7. The highest BCUT2D eigenvalue weighted by molar-refractivity contribution is 5.88. The summed E-state index contributed by atoms with van der Waals surface area (Å²) in [5.41, 5.74) is 3.99. The first-order valence-electron chi connectivity index (χ1n) is 8.54. The number of hydrogen-bond acceptors (Lipinski definition) is 5. The molecule has 1 N–H and O–H groups in total. The highest BCUT2D eigenvalue weighted by Crippen LogP contribution is 2.31. The first-order valence-corrected chi connectivity index (χ1v) is 8.54. The van der Waals surface area contributed by atoms with Crippen LogP contribution in [0.4, 0.5) is 11.5 Å². The molecular weight excluding hydrogens is 326 g/mol. The average molecular weight is 345 g/mol. The van der Waals surface area contributed by atoms with Gasteiger partial charge in [0, 0.05) is 17.8 Å². The lowest BCUT2D eigenvalue weighted by atomic mass is 10.1. The topological polar surface area (TPSA) is 75.1 Å². The Kier molecular flexibility index (Phi) is 4.18. The van der Waals surface area contributed by atoms with Crippen molar-refractivity contribution in [3.05, 3.63) is 66.1 Å². The molecule has 0 bridgehead atoms. The molecule has 0 atom stereocenters. The highest BCUT2D eigenvalue weighted by Gasteiger charge is 2.15. The van der Waals surface area contributed by atoms with Crippen LogP contribution in [0.2, 0.25) is 0 Å². The number of azo groups is 1. The number of fused-ring (bicyclic) bond motifs is 2. The van der Waals surface area contributed by atoms with Gasteiger partial charge in [-0.15, -0.1) is 10.2 Å². The van der Waals surface area contributed by atoms with Crippen LogP contribution in [-0.4, -0.2) is 19.5 Å². The number of nitrogens with zero attached hydrogens (tertiary/aromatic N) is 5. The molecule has 4 rings (SSSR count). The van der Waals surface area contributed by atoms with Gasteiger partial charge in [-0.1, -0.05) is 32.0 Å². The molecule has 3 aromatic heterocycles. The molecule has 26 heavy (non-hydrogen) atoms. The monoisotopic (exact) mass is 345 g/mol. The third-order valence-corrected chi connectivity index (χ3v) is 4.28. The van der Waals surface area contributed by atoms with E-state index in [9.17, 15) is 5.11 Å². The molecule has 130 valence electrons. The summed E-state index contributed by atoms with van der Waals surface area (Å²) in [5.74, 6) is 0.902. The van der Waals surface area contributed by atoms with Gasteiger partial charge in [0.05, 0.1) is 17.8 Å². The summed E-state index contributed by atoms with van der Waals surface area (Å²) in [6, 6.07) is 13.5. The van der Waals surface area contributed by atoms with E-state index in [4.69, 9.17) is 0 Å². The number of imidazole rings is 1. The van der Waals surface area contributed by atoms with Gasteiger partial charge in [0.25, 0.3) is 0 Å². The maximum Gasteiger partial charge on any atom is 0.183 e. The van der Waals surface area contributed by atoms with Crippen molar-refractivity contribution in [1.29, 1.82) is 0 Å². The molecule has 0 unspecified atom stereocenters. The first kappa shape index (κ1) is 16.4. The van der Waals surface area contributed by atoms with E-state index in [0.717, 1.165) is 33.5 Å². The maximum atomic E-state index is 9.35. The summed E-state index contributed by atoms with van der Waals surface area (Å²) in [7, 11) is 0. The zero-order chi connectivity index (χ0) is 18.1. The van der Waals surface area contributed by atoms with Crippen molar-refractivity contribution in [2.24, 2.45) is 10.2 Å². The Hall–Kier alpha value is -3.12. The largest absolute Gasteiger partial charge is 0.392 e. The van der Waals surface area contributed by atoms with Gasteiger partial charge in [0.15, 0.2) is 5.82 Å². The number of aliphatic hydroxyl groups is 1. The lowest BCUT2D eigenvalue weighted by molar-refractivity contribution is 0.282. The van der Waals surface area contributed by atoms with E-state index >= 15 is 0 Å². The fourth-order valence-corrected chi connectivity index (χ4v) is 2.95. The van der Waals surface area contributed by atoms with Gasteiger partial charge in [0.1, 0.15) is 11.3 Å². The molecule has 3 heterocycles. The van der Waals surface area contributed by atoms with Crippen molar-refractivity contribution in [3.63, 3.8) is 0 Å². The molecule has 4 aromatic rings. The molecule has 0 aliphatic heterocycles. The number of aromatic nitrogens is 3. The molecule has 0 radical (unpaired) electrons. The van der Waals surface area contributed by atoms with Crippen LogP contribution in [0.25, 0.3) is 16.6 Å². The van der Waals surface area contributed by atoms with Crippen LogP contribution in [0, 0.1) is 0 Å². The Balaban J connectivity index is 1.85. The van der Waals surface area contributed by atoms with E-state index in [0.29, 0.717) is 5.82 Å². The van der Waals surface area contributed by atoms with Gasteiger partial charge in [-0.05, 0) is 35.7 Å². The summed E-state index contributed by atoms with van der Waals surface area (Å²) in [6.45, 7) is 4.14. The van der Waals surface area contributed by atoms with Gasteiger partial charge in [-0.2, -0.15) is 0 Å². The smallest absolute Gasteiger partial charge is 0.183 e. The van der Waals surface area contributed by atoms with Crippen LogP contribution in [0.5, 0.6) is 0 Å². The zero-order valence-corrected chi connectivity index (χ0v) is 14.7. The predicted molar refractivity (Wildman–Crippen MR) is 101 cm³/mol. The molecule has 0 aliphatic carbocycles. The van der Waals surface area contributed by atoms with Crippen molar-refractivity contribution in [2.45, 2.75) is 26.4 Å². The highest BCUT2D eigenvalue weighted by atomic mass is 16.3. The molecule has 0 spiro atoms. The van der Waals surface area contributed by atoms with Gasteiger partial charge < -0.3 is 5.11 Å². The second-order valence-electron chi connectivity index (χ2n) is 6.45. The van der Waals surface area contributed by atoms with Crippen LogP contribution in [0.1, 0.15) is 31.0 Å². The second kappa shape index (κ2) is 6.65. The Labute approximate surface area is 150 Å². The molecule has 0 fully saturated rings. The Morgan fingerprint density at radius 1 is 1.12 bits per heavy atom. The molecule has 6 nitrogen and oxygen atoms in total. The number of para-hydroxylation sites is 1. The normalized spacial score (nSPS) is 12.0. The van der Waals surface area contributed by atoms with E-state index in [2.05, 4.69) is 34.0 Å². The van der Waals surface area contributed by atoms with Crippen LogP contribution >= 0.6 is 0 Å². The van der Waals surface area contributed by atoms with E-state index in [1.165, 1.54) is 0 Å². The fourth-order valence-electron chi connectivity index (χ4n) is 2.95. The van der Waals surface area contributed by atoms with E-state index in [-0.39, 0.29) is 12.5 Å². The first-order chi connectivity index (χ1) is 12.7. The Morgan fingerprint density at radius 3 is 2.77 bits per heavy atom. The minimum Gasteiger partial charge on any atom is -0.392 e. The van der Waals surface area contributed by atoms with Crippen LogP contribution in [0.15, 0.2) is 65.1 Å². The van der Waals surface area contributed by atoms with Gasteiger partial charge in [-0.3, -0.25) is 9.38 Å². The number of pyridine rings is 2. The maximum absolute atomic E-state index is 9.35. The molecular formula is C20H19N5O. The number of hydrogen-bond donors (Lipinski definition) is 1. The third kappa shape index (κ3) is 2.84. The van der Waals surface area contributed by atoms with Crippen molar-refractivity contribution in [3.8, 4) is 0 Å². The summed E-state index contributed by atoms with van der Waals surface area (Å²) < 4.78 is 1.90. The summed E-state index contributed by atoms with van der Waals surface area (Å²) >= 11 is 0. The predicted octanol–water partition coefficient (Wildman–Crippen LogP) is 4.91. The number of aliphatic hydroxyl groups excluding tert-OH is 1. The average Bonchev–Trinajstić information content (AvgIpc) is 3.04. The van der Waals surface area contributed by atoms with Crippen molar-refractivity contribution >= 4 is 28.1 Å². The molecule has 1 aromatic carbocycles. The standard InChI is InChI=1S/C20H19N5O/c1-13(2)18-20(25-10-8-14(12-26)11-17(25)22-18)24-23-16-7-3-5-15-6-4-9-21-19(15)16/h3-11,13,26H,12H2,1-2H3. The minimum absolute atomic E-state index is 0.0150.